The number of aromatic nitrogens is 3. The van der Waals surface area contributed by atoms with Crippen molar-refractivity contribution in [2.45, 2.75) is 13.5 Å². The summed E-state index contributed by atoms with van der Waals surface area (Å²) in [4.78, 5) is 48.3. The Morgan fingerprint density at radius 1 is 1.19 bits per heavy atom. The molecule has 0 amide bonds. The number of esters is 1. The second kappa shape index (κ2) is 5.04. The molecule has 0 spiro atoms. The van der Waals surface area contributed by atoms with Crippen LogP contribution in [0.4, 0.5) is 0 Å². The average molecular weight is 293 g/mol. The molecule has 0 radical (unpaired) electrons. The Bertz CT molecular complexity index is 917. The average Bonchev–Trinajstić information content (AvgIpc) is 2.48. The minimum absolute atomic E-state index is 0.00657. The number of carbonyl (C=O) groups is 1. The molecule has 0 N–H and O–H groups in total. The first-order valence-corrected chi connectivity index (χ1v) is 6.27. The van der Waals surface area contributed by atoms with E-state index in [-0.39, 0.29) is 23.1 Å². The van der Waals surface area contributed by atoms with Gasteiger partial charge in [0.25, 0.3) is 11.1 Å². The van der Waals surface area contributed by atoms with Gasteiger partial charge in [-0.15, -0.1) is 0 Å². The minimum Gasteiger partial charge on any atom is -0.465 e. The zero-order valence-electron chi connectivity index (χ0n) is 12.2. The summed E-state index contributed by atoms with van der Waals surface area (Å²) in [6, 6.07) is 1.06. The first kappa shape index (κ1) is 14.8. The number of carbonyl (C=O) groups excluding carboxylic acids is 1. The number of methoxy groups -OCH3 is 1. The highest BCUT2D eigenvalue weighted by Crippen LogP contribution is 2.12. The standard InChI is InChI=1S/C13H15N3O5/c1-5-16-8(17)6-7(12(19)21-4)9-10(16)14(2)13(20)15(3)11(9)18/h6H,5H2,1-4H3. The molecule has 112 valence electrons. The highest BCUT2D eigenvalue weighted by atomic mass is 16.5. The highest BCUT2D eigenvalue weighted by molar-refractivity contribution is 6.02. The number of nitrogens with zero attached hydrogens (tertiary/aromatic N) is 3. The van der Waals surface area contributed by atoms with Gasteiger partial charge in [0.1, 0.15) is 5.65 Å². The van der Waals surface area contributed by atoms with Crippen LogP contribution < -0.4 is 16.8 Å². The summed E-state index contributed by atoms with van der Waals surface area (Å²) in [6.45, 7) is 1.97. The van der Waals surface area contributed by atoms with Crippen LogP contribution >= 0.6 is 0 Å². The van der Waals surface area contributed by atoms with Crippen LogP contribution in [0, 0.1) is 0 Å². The zero-order valence-corrected chi connectivity index (χ0v) is 12.2. The molecule has 2 aromatic rings. The van der Waals surface area contributed by atoms with E-state index in [9.17, 15) is 19.2 Å². The van der Waals surface area contributed by atoms with E-state index < -0.39 is 22.8 Å². The SMILES string of the molecule is CCn1c(=O)cc(C(=O)OC)c2c(=O)n(C)c(=O)n(C)c21. The van der Waals surface area contributed by atoms with Crippen molar-refractivity contribution in [1.82, 2.24) is 13.7 Å². The van der Waals surface area contributed by atoms with E-state index in [2.05, 4.69) is 4.74 Å². The van der Waals surface area contributed by atoms with Crippen LogP contribution in [0.5, 0.6) is 0 Å². The Hall–Kier alpha value is -2.64. The topological polar surface area (TPSA) is 92.3 Å². The van der Waals surface area contributed by atoms with E-state index in [0.717, 1.165) is 17.7 Å². The fourth-order valence-corrected chi connectivity index (χ4v) is 2.34. The van der Waals surface area contributed by atoms with E-state index in [1.807, 2.05) is 0 Å². The van der Waals surface area contributed by atoms with Crippen LogP contribution in [0.1, 0.15) is 17.3 Å². The minimum atomic E-state index is -0.795. The van der Waals surface area contributed by atoms with Crippen molar-refractivity contribution < 1.29 is 9.53 Å². The number of hydrogen-bond donors (Lipinski definition) is 0. The van der Waals surface area contributed by atoms with Gasteiger partial charge in [-0.1, -0.05) is 0 Å². The summed E-state index contributed by atoms with van der Waals surface area (Å²) < 4.78 is 7.95. The van der Waals surface area contributed by atoms with Gasteiger partial charge in [-0.2, -0.15) is 0 Å². The lowest BCUT2D eigenvalue weighted by Crippen LogP contribution is -2.40. The molecule has 0 aliphatic carbocycles. The Morgan fingerprint density at radius 3 is 2.33 bits per heavy atom. The van der Waals surface area contributed by atoms with Gasteiger partial charge in [-0.3, -0.25) is 23.3 Å². The predicted molar refractivity (Wildman–Crippen MR) is 75.7 cm³/mol. The molecular formula is C13H15N3O5. The Balaban J connectivity index is 3.26. The third kappa shape index (κ3) is 1.99. The second-order valence-corrected chi connectivity index (χ2v) is 4.54. The van der Waals surface area contributed by atoms with Gasteiger partial charge in [0.05, 0.1) is 18.1 Å². The summed E-state index contributed by atoms with van der Waals surface area (Å²) in [7, 11) is 3.91. The van der Waals surface area contributed by atoms with Crippen molar-refractivity contribution >= 4 is 17.0 Å². The largest absolute Gasteiger partial charge is 0.465 e. The molecule has 0 aromatic carbocycles. The molecular weight excluding hydrogens is 278 g/mol. The number of fused-ring (bicyclic) bond motifs is 1. The maximum Gasteiger partial charge on any atom is 0.339 e. The molecule has 21 heavy (non-hydrogen) atoms. The van der Waals surface area contributed by atoms with Gasteiger partial charge >= 0.3 is 11.7 Å². The Kier molecular flexibility index (Phi) is 3.54. The highest BCUT2D eigenvalue weighted by Gasteiger charge is 2.21. The van der Waals surface area contributed by atoms with Crippen molar-refractivity contribution in [3.8, 4) is 0 Å². The van der Waals surface area contributed by atoms with E-state index in [4.69, 9.17) is 0 Å². The lowest BCUT2D eigenvalue weighted by molar-refractivity contribution is 0.0602. The van der Waals surface area contributed by atoms with Crippen LogP contribution in [-0.4, -0.2) is 26.8 Å². The molecule has 0 bridgehead atoms. The maximum absolute atomic E-state index is 12.3. The van der Waals surface area contributed by atoms with Crippen molar-refractivity contribution in [3.05, 3.63) is 42.8 Å². The maximum atomic E-state index is 12.3. The first-order valence-electron chi connectivity index (χ1n) is 6.27. The number of aryl methyl sites for hydroxylation is 2. The number of rotatable bonds is 2. The predicted octanol–water partition coefficient (Wildman–Crippen LogP) is -0.795. The van der Waals surface area contributed by atoms with Gasteiger partial charge in [-0.25, -0.2) is 9.59 Å². The molecule has 0 aliphatic rings. The number of ether oxygens (including phenoxy) is 1. The fourth-order valence-electron chi connectivity index (χ4n) is 2.34. The van der Waals surface area contributed by atoms with Crippen LogP contribution in [0.2, 0.25) is 0 Å². The van der Waals surface area contributed by atoms with E-state index in [1.165, 1.54) is 23.2 Å². The Labute approximate surface area is 118 Å². The molecule has 0 aliphatic heterocycles. The van der Waals surface area contributed by atoms with Crippen LogP contribution in [0.3, 0.4) is 0 Å². The van der Waals surface area contributed by atoms with Crippen LogP contribution in [0.25, 0.3) is 11.0 Å². The molecule has 8 heteroatoms. The monoisotopic (exact) mass is 293 g/mol. The molecule has 0 atom stereocenters. The van der Waals surface area contributed by atoms with E-state index in [0.29, 0.717) is 0 Å². The quantitative estimate of drug-likeness (QED) is 0.676. The molecule has 2 rings (SSSR count). The van der Waals surface area contributed by atoms with E-state index >= 15 is 0 Å². The summed E-state index contributed by atoms with van der Waals surface area (Å²) in [5, 5.41) is -0.00657. The molecule has 2 aromatic heterocycles. The molecule has 0 unspecified atom stereocenters. The third-order valence-electron chi connectivity index (χ3n) is 3.41. The number of hydrogen-bond acceptors (Lipinski definition) is 5. The van der Waals surface area contributed by atoms with Gasteiger partial charge in [0.15, 0.2) is 0 Å². The number of pyridine rings is 1. The van der Waals surface area contributed by atoms with Crippen LogP contribution in [-0.2, 0) is 25.4 Å². The van der Waals surface area contributed by atoms with Crippen LogP contribution in [0.15, 0.2) is 20.4 Å². The van der Waals surface area contributed by atoms with Crippen molar-refractivity contribution in [2.75, 3.05) is 7.11 Å². The smallest absolute Gasteiger partial charge is 0.339 e. The molecule has 0 saturated carbocycles. The van der Waals surface area contributed by atoms with Gasteiger partial charge in [0.2, 0.25) is 0 Å². The normalized spacial score (nSPS) is 10.9. The molecule has 0 saturated heterocycles. The van der Waals surface area contributed by atoms with Gasteiger partial charge in [-0.05, 0) is 6.92 Å². The van der Waals surface area contributed by atoms with Gasteiger partial charge < -0.3 is 4.74 Å². The van der Waals surface area contributed by atoms with E-state index in [1.54, 1.807) is 6.92 Å². The zero-order chi connectivity index (χ0) is 15.9. The molecule has 8 nitrogen and oxygen atoms in total. The summed E-state index contributed by atoms with van der Waals surface area (Å²) >= 11 is 0. The van der Waals surface area contributed by atoms with Gasteiger partial charge in [0, 0.05) is 26.7 Å². The second-order valence-electron chi connectivity index (χ2n) is 4.54. The summed E-state index contributed by atoms with van der Waals surface area (Å²) in [6.07, 6.45) is 0. The molecule has 0 fully saturated rings. The summed E-state index contributed by atoms with van der Waals surface area (Å²) in [5.74, 6) is -0.795. The third-order valence-corrected chi connectivity index (χ3v) is 3.41. The fraction of sp³-hybridized carbons (Fsp3) is 0.385. The lowest BCUT2D eigenvalue weighted by atomic mass is 10.1. The van der Waals surface area contributed by atoms with Crippen molar-refractivity contribution in [3.63, 3.8) is 0 Å². The summed E-state index contributed by atoms with van der Waals surface area (Å²) in [5.41, 5.74) is -1.72. The van der Waals surface area contributed by atoms with Crippen molar-refractivity contribution in [2.24, 2.45) is 14.1 Å². The first-order chi connectivity index (χ1) is 9.84. The Morgan fingerprint density at radius 2 is 1.81 bits per heavy atom. The van der Waals surface area contributed by atoms with Crippen molar-refractivity contribution in [1.29, 1.82) is 0 Å². The molecule has 2 heterocycles. The lowest BCUT2D eigenvalue weighted by Gasteiger charge is -2.14.